The Balaban J connectivity index is -0.000000452. The second kappa shape index (κ2) is 14.7. The number of aryl methyl sites for hydroxylation is 1. The maximum absolute atomic E-state index is 12.1. The molecule has 0 unspecified atom stereocenters. The van der Waals surface area contributed by atoms with Crippen molar-refractivity contribution < 1.29 is 9.59 Å². The molecule has 0 aliphatic carbocycles. The largest absolute Gasteiger partial charge is 0.276 e. The summed E-state index contributed by atoms with van der Waals surface area (Å²) in [6.07, 6.45) is 0.918. The number of hydrazine groups is 1. The Hall–Kier alpha value is -1.30. The molecule has 1 amide bonds. The number of nitrogens with zero attached hydrogens (tertiary/aromatic N) is 1. The van der Waals surface area contributed by atoms with E-state index in [1.54, 1.807) is 30.3 Å². The first kappa shape index (κ1) is 31.4. The minimum Gasteiger partial charge on any atom is -0.276 e. The monoisotopic (exact) mass is 468 g/mol. The average Bonchev–Trinajstić information content (AvgIpc) is 2.61. The molecule has 2 rings (SSSR count). The van der Waals surface area contributed by atoms with Gasteiger partial charge in [0, 0.05) is 11.1 Å². The molecule has 0 bridgehead atoms. The van der Waals surface area contributed by atoms with Crippen LogP contribution in [0.1, 0.15) is 54.0 Å². The molecule has 0 spiro atoms. The van der Waals surface area contributed by atoms with Crippen LogP contribution in [-0.2, 0) is 6.42 Å². The fourth-order valence-corrected chi connectivity index (χ4v) is 2.06. The molecule has 0 aromatic heterocycles. The molecule has 0 aliphatic heterocycles. The molecule has 0 fully saturated rings. The van der Waals surface area contributed by atoms with Crippen LogP contribution in [0, 0.1) is 0 Å². The predicted molar refractivity (Wildman–Crippen MR) is 124 cm³/mol. The lowest BCUT2D eigenvalue weighted by Gasteiger charge is -2.31. The minimum absolute atomic E-state index is 0. The summed E-state index contributed by atoms with van der Waals surface area (Å²) in [7, 11) is 0. The lowest BCUT2D eigenvalue weighted by Crippen LogP contribution is -2.50. The number of nitrogens with two attached hydrogens (primary N) is 1. The predicted octanol–water partition coefficient (Wildman–Crippen LogP) is 5.69. The van der Waals surface area contributed by atoms with Crippen LogP contribution in [0.3, 0.4) is 0 Å². The number of benzene rings is 2. The quantitative estimate of drug-likeness (QED) is 0.271. The zero-order valence-electron chi connectivity index (χ0n) is 16.3. The summed E-state index contributed by atoms with van der Waals surface area (Å²) in [5.41, 5.74) is 1.98. The highest BCUT2D eigenvalue weighted by Crippen LogP contribution is 2.14. The van der Waals surface area contributed by atoms with Gasteiger partial charge in [0.05, 0.1) is 5.54 Å². The van der Waals surface area contributed by atoms with E-state index in [0.717, 1.165) is 12.0 Å². The number of halogens is 4. The number of carbonyl (C=O) groups is 2. The molecule has 2 aromatic carbocycles. The summed E-state index contributed by atoms with van der Waals surface area (Å²) in [6.45, 7) is 7.80. The van der Waals surface area contributed by atoms with Gasteiger partial charge in [-0.1, -0.05) is 49.4 Å². The Kier molecular flexibility index (Phi) is 16.4. The summed E-state index contributed by atoms with van der Waals surface area (Å²) in [6, 6.07) is 16.3. The molecule has 4 nitrogen and oxygen atoms in total. The Labute approximate surface area is 191 Å². The molecule has 8 heteroatoms. The van der Waals surface area contributed by atoms with Gasteiger partial charge < -0.3 is 0 Å². The second-order valence-corrected chi connectivity index (χ2v) is 6.88. The maximum Gasteiger partial charge on any atom is 0.268 e. The summed E-state index contributed by atoms with van der Waals surface area (Å²) in [5, 5.41) is 0.873. The molecule has 2 N–H and O–H groups in total. The Morgan fingerprint density at radius 3 is 1.82 bits per heavy atom. The molecule has 0 saturated heterocycles. The lowest BCUT2D eigenvalue weighted by atomic mass is 10.0. The van der Waals surface area contributed by atoms with Gasteiger partial charge in [-0.15, -0.1) is 37.2 Å². The molecule has 0 atom stereocenters. The average molecular weight is 470 g/mol. The Morgan fingerprint density at radius 2 is 1.43 bits per heavy atom. The van der Waals surface area contributed by atoms with Crippen LogP contribution >= 0.6 is 48.8 Å². The summed E-state index contributed by atoms with van der Waals surface area (Å²) in [5.74, 6) is 5.67. The summed E-state index contributed by atoms with van der Waals surface area (Å²) >= 11 is 5.16. The highest BCUT2D eigenvalue weighted by molar-refractivity contribution is 6.67. The zero-order chi connectivity index (χ0) is 19.0. The van der Waals surface area contributed by atoms with Crippen molar-refractivity contribution in [1.29, 1.82) is 0 Å². The lowest BCUT2D eigenvalue weighted by molar-refractivity contribution is 0.0581. The molecular weight excluding hydrogens is 442 g/mol. The highest BCUT2D eigenvalue weighted by atomic mass is 35.5. The van der Waals surface area contributed by atoms with E-state index in [1.165, 1.54) is 5.01 Å². The van der Waals surface area contributed by atoms with Gasteiger partial charge in [0.2, 0.25) is 0 Å². The SMILES string of the molecule is CCc1cccc(C(=O)N(N)C(C)(C)C)c1.Cl.Cl.Cl.O=C(Cl)c1ccccc1. The highest BCUT2D eigenvalue weighted by Gasteiger charge is 2.24. The van der Waals surface area contributed by atoms with Crippen molar-refractivity contribution in [3.8, 4) is 0 Å². The molecule has 2 aromatic rings. The number of carbonyl (C=O) groups excluding carboxylic acids is 2. The van der Waals surface area contributed by atoms with Gasteiger partial charge in [0.1, 0.15) is 0 Å². The number of hydrogen-bond acceptors (Lipinski definition) is 3. The van der Waals surface area contributed by atoms with Gasteiger partial charge in [-0.25, -0.2) is 5.84 Å². The number of rotatable bonds is 3. The van der Waals surface area contributed by atoms with Crippen molar-refractivity contribution in [2.45, 2.75) is 39.7 Å². The van der Waals surface area contributed by atoms with E-state index in [0.29, 0.717) is 11.1 Å². The van der Waals surface area contributed by atoms with Gasteiger partial charge in [-0.05, 0) is 56.5 Å². The zero-order valence-corrected chi connectivity index (χ0v) is 19.6. The van der Waals surface area contributed by atoms with Crippen molar-refractivity contribution in [2.24, 2.45) is 5.84 Å². The Morgan fingerprint density at radius 1 is 0.929 bits per heavy atom. The smallest absolute Gasteiger partial charge is 0.268 e. The van der Waals surface area contributed by atoms with Crippen molar-refractivity contribution in [3.05, 3.63) is 71.3 Å². The van der Waals surface area contributed by atoms with E-state index in [-0.39, 0.29) is 48.7 Å². The normalized spacial score (nSPS) is 9.36. The van der Waals surface area contributed by atoms with Crippen molar-refractivity contribution in [2.75, 3.05) is 0 Å². The third kappa shape index (κ3) is 10.3. The van der Waals surface area contributed by atoms with Crippen LogP contribution in [0.4, 0.5) is 0 Å². The standard InChI is InChI=1S/C13H20N2O.C7H5ClO.3ClH/c1-5-10-7-6-8-11(9-10)12(16)15(14)13(2,3)4;8-7(9)6-4-2-1-3-5-6;;;/h6-9H,5,14H2,1-4H3;1-5H;3*1H. The fourth-order valence-electron chi connectivity index (χ4n) is 1.94. The first-order chi connectivity index (χ1) is 11.7. The van der Waals surface area contributed by atoms with Crippen LogP contribution in [-0.4, -0.2) is 21.7 Å². The molecular formula is C20H28Cl4N2O2. The van der Waals surface area contributed by atoms with Gasteiger partial charge >= 0.3 is 0 Å². The maximum atomic E-state index is 12.1. The molecule has 0 aliphatic rings. The molecule has 28 heavy (non-hydrogen) atoms. The van der Waals surface area contributed by atoms with Gasteiger partial charge in [-0.2, -0.15) is 0 Å². The molecule has 0 radical (unpaired) electrons. The van der Waals surface area contributed by atoms with E-state index < -0.39 is 5.24 Å². The third-order valence-electron chi connectivity index (χ3n) is 3.52. The molecule has 0 heterocycles. The van der Waals surface area contributed by atoms with Crippen LogP contribution in [0.5, 0.6) is 0 Å². The van der Waals surface area contributed by atoms with E-state index in [2.05, 4.69) is 6.92 Å². The Bertz CT molecular complexity index is 720. The second-order valence-electron chi connectivity index (χ2n) is 6.54. The number of amides is 1. The van der Waals surface area contributed by atoms with Crippen LogP contribution in [0.25, 0.3) is 0 Å². The van der Waals surface area contributed by atoms with Gasteiger partial charge in [0.25, 0.3) is 11.1 Å². The summed E-state index contributed by atoms with van der Waals surface area (Å²) < 4.78 is 0. The minimum atomic E-state index is -0.407. The van der Waals surface area contributed by atoms with E-state index in [9.17, 15) is 9.59 Å². The van der Waals surface area contributed by atoms with Crippen LogP contribution in [0.2, 0.25) is 0 Å². The van der Waals surface area contributed by atoms with Gasteiger partial charge in [-0.3, -0.25) is 14.6 Å². The van der Waals surface area contributed by atoms with Crippen molar-refractivity contribution in [1.82, 2.24) is 5.01 Å². The van der Waals surface area contributed by atoms with E-state index in [4.69, 9.17) is 17.4 Å². The first-order valence-corrected chi connectivity index (χ1v) is 8.47. The van der Waals surface area contributed by atoms with Crippen molar-refractivity contribution in [3.63, 3.8) is 0 Å². The molecule has 158 valence electrons. The van der Waals surface area contributed by atoms with Crippen LogP contribution < -0.4 is 5.84 Å². The number of hydrogen-bond donors (Lipinski definition) is 1. The van der Waals surface area contributed by atoms with Gasteiger partial charge in [0.15, 0.2) is 0 Å². The first-order valence-electron chi connectivity index (χ1n) is 8.10. The van der Waals surface area contributed by atoms with E-state index >= 15 is 0 Å². The van der Waals surface area contributed by atoms with E-state index in [1.807, 2.05) is 45.0 Å². The van der Waals surface area contributed by atoms with Crippen molar-refractivity contribution >= 4 is 60.0 Å². The fraction of sp³-hybridized carbons (Fsp3) is 0.300. The molecule has 0 saturated carbocycles. The topological polar surface area (TPSA) is 63.4 Å². The van der Waals surface area contributed by atoms with Crippen LogP contribution in [0.15, 0.2) is 54.6 Å². The third-order valence-corrected chi connectivity index (χ3v) is 3.74. The summed E-state index contributed by atoms with van der Waals surface area (Å²) in [4.78, 5) is 22.5.